The molecular weight excluding hydrogens is 333 g/mol. The van der Waals surface area contributed by atoms with Gasteiger partial charge in [-0.2, -0.15) is 0 Å². The molecule has 2 rings (SSSR count). The maximum absolute atomic E-state index is 13.8. The number of nitrogens with zero attached hydrogens (tertiary/aromatic N) is 2. The third kappa shape index (κ3) is 4.65. The lowest BCUT2D eigenvalue weighted by Gasteiger charge is -2.15. The van der Waals surface area contributed by atoms with Crippen LogP contribution < -0.4 is 9.47 Å². The third-order valence-electron chi connectivity index (χ3n) is 3.50. The van der Waals surface area contributed by atoms with Crippen molar-refractivity contribution in [3.63, 3.8) is 0 Å². The summed E-state index contributed by atoms with van der Waals surface area (Å²) in [6.07, 6.45) is -1.31. The molecule has 0 aliphatic carbocycles. The Morgan fingerprint density at radius 1 is 1.16 bits per heavy atom. The molecule has 0 fully saturated rings. The molecule has 2 aromatic rings. The molecule has 0 heterocycles. The van der Waals surface area contributed by atoms with E-state index in [-0.39, 0.29) is 28.5 Å². The van der Waals surface area contributed by atoms with Crippen LogP contribution in [0.3, 0.4) is 0 Å². The van der Waals surface area contributed by atoms with Crippen LogP contribution in [-0.2, 0) is 0 Å². The van der Waals surface area contributed by atoms with Crippen molar-refractivity contribution in [1.82, 2.24) is 4.90 Å². The first-order chi connectivity index (χ1) is 12.0. The monoisotopic (exact) mass is 352 g/mol. The number of halogens is 3. The molecule has 0 atom stereocenters. The first kappa shape index (κ1) is 18.6. The van der Waals surface area contributed by atoms with Crippen LogP contribution in [0.15, 0.2) is 41.4 Å². The molecule has 7 heteroatoms. The lowest BCUT2D eigenvalue weighted by molar-refractivity contribution is 0.151. The lowest BCUT2D eigenvalue weighted by Crippen LogP contribution is -2.14. The maximum Gasteiger partial charge on any atom is 0.266 e. The molecule has 0 radical (unpaired) electrons. The second-order valence-electron chi connectivity index (χ2n) is 5.21. The van der Waals surface area contributed by atoms with Gasteiger partial charge in [0.25, 0.3) is 6.43 Å². The number of benzene rings is 2. The predicted molar refractivity (Wildman–Crippen MR) is 90.9 cm³/mol. The van der Waals surface area contributed by atoms with E-state index >= 15 is 0 Å². The fourth-order valence-corrected chi connectivity index (χ4v) is 1.98. The molecule has 0 aliphatic heterocycles. The molecule has 0 aliphatic rings. The van der Waals surface area contributed by atoms with E-state index in [2.05, 4.69) is 4.99 Å². The SMILES string of the molecule is CCN(C)C=Nc1cc(OC)c(Oc2ccccc2F)cc1C(F)F. The van der Waals surface area contributed by atoms with E-state index in [1.165, 1.54) is 37.7 Å². The van der Waals surface area contributed by atoms with Crippen molar-refractivity contribution in [1.29, 1.82) is 0 Å². The van der Waals surface area contributed by atoms with Gasteiger partial charge < -0.3 is 14.4 Å². The van der Waals surface area contributed by atoms with E-state index in [9.17, 15) is 13.2 Å². The normalized spacial score (nSPS) is 11.2. The van der Waals surface area contributed by atoms with E-state index in [1.54, 1.807) is 18.0 Å². The fraction of sp³-hybridized carbons (Fsp3) is 0.278. The number of aliphatic imine (C=N–C) groups is 1. The van der Waals surface area contributed by atoms with Crippen LogP contribution in [0.4, 0.5) is 18.9 Å². The lowest BCUT2D eigenvalue weighted by atomic mass is 10.1. The van der Waals surface area contributed by atoms with E-state index in [0.717, 1.165) is 6.07 Å². The van der Waals surface area contributed by atoms with Crippen LogP contribution in [-0.4, -0.2) is 31.9 Å². The van der Waals surface area contributed by atoms with Crippen LogP contribution in [0.5, 0.6) is 17.2 Å². The minimum Gasteiger partial charge on any atom is -0.493 e. The van der Waals surface area contributed by atoms with Gasteiger partial charge in [-0.05, 0) is 25.1 Å². The predicted octanol–water partition coefficient (Wildman–Crippen LogP) is 5.18. The van der Waals surface area contributed by atoms with Gasteiger partial charge in [0.05, 0.1) is 19.1 Å². The van der Waals surface area contributed by atoms with Crippen molar-refractivity contribution in [2.75, 3.05) is 20.7 Å². The van der Waals surface area contributed by atoms with Gasteiger partial charge in [-0.15, -0.1) is 0 Å². The smallest absolute Gasteiger partial charge is 0.266 e. The van der Waals surface area contributed by atoms with Gasteiger partial charge >= 0.3 is 0 Å². The second kappa shape index (κ2) is 8.41. The molecule has 0 saturated heterocycles. The van der Waals surface area contributed by atoms with Gasteiger partial charge in [0, 0.05) is 25.2 Å². The van der Waals surface area contributed by atoms with E-state index in [4.69, 9.17) is 9.47 Å². The molecule has 25 heavy (non-hydrogen) atoms. The first-order valence-electron chi connectivity index (χ1n) is 7.63. The molecule has 4 nitrogen and oxygen atoms in total. The minimum absolute atomic E-state index is 0.00861. The Kier molecular flexibility index (Phi) is 6.27. The maximum atomic E-state index is 13.8. The van der Waals surface area contributed by atoms with Gasteiger partial charge in [-0.25, -0.2) is 18.2 Å². The average molecular weight is 352 g/mol. The van der Waals surface area contributed by atoms with Crippen LogP contribution in [0.25, 0.3) is 0 Å². The van der Waals surface area contributed by atoms with Crippen molar-refractivity contribution in [2.45, 2.75) is 13.3 Å². The van der Waals surface area contributed by atoms with Gasteiger partial charge in [-0.1, -0.05) is 12.1 Å². The summed E-state index contributed by atoms with van der Waals surface area (Å²) in [6, 6.07) is 8.17. The molecule has 0 aromatic heterocycles. The third-order valence-corrected chi connectivity index (χ3v) is 3.50. The summed E-state index contributed by atoms with van der Waals surface area (Å²) in [5, 5.41) is 0. The fourth-order valence-electron chi connectivity index (χ4n) is 1.98. The van der Waals surface area contributed by atoms with E-state index < -0.39 is 12.2 Å². The van der Waals surface area contributed by atoms with Crippen molar-refractivity contribution in [3.8, 4) is 17.2 Å². The Bertz CT molecular complexity index is 751. The zero-order chi connectivity index (χ0) is 18.4. The molecule has 0 spiro atoms. The second-order valence-corrected chi connectivity index (χ2v) is 5.21. The van der Waals surface area contributed by atoms with Crippen molar-refractivity contribution in [3.05, 3.63) is 47.8 Å². The summed E-state index contributed by atoms with van der Waals surface area (Å²) in [4.78, 5) is 5.83. The Morgan fingerprint density at radius 2 is 1.88 bits per heavy atom. The highest BCUT2D eigenvalue weighted by atomic mass is 19.3. The highest BCUT2D eigenvalue weighted by molar-refractivity contribution is 5.66. The number of methoxy groups -OCH3 is 1. The van der Waals surface area contributed by atoms with Crippen LogP contribution >= 0.6 is 0 Å². The average Bonchev–Trinajstić information content (AvgIpc) is 2.61. The van der Waals surface area contributed by atoms with E-state index in [0.29, 0.717) is 6.54 Å². The molecule has 0 unspecified atom stereocenters. The molecule has 0 bridgehead atoms. The van der Waals surface area contributed by atoms with Crippen LogP contribution in [0.1, 0.15) is 18.9 Å². The summed E-state index contributed by atoms with van der Waals surface area (Å²) >= 11 is 0. The number of hydrogen-bond acceptors (Lipinski definition) is 3. The zero-order valence-corrected chi connectivity index (χ0v) is 14.2. The van der Waals surface area contributed by atoms with E-state index in [1.807, 2.05) is 6.92 Å². The Balaban J connectivity index is 2.46. The quantitative estimate of drug-likeness (QED) is 0.509. The number of rotatable bonds is 7. The Morgan fingerprint density at radius 3 is 2.48 bits per heavy atom. The van der Waals surface area contributed by atoms with Crippen molar-refractivity contribution >= 4 is 12.0 Å². The topological polar surface area (TPSA) is 34.1 Å². The Hall–Kier alpha value is -2.70. The van der Waals surface area contributed by atoms with Crippen molar-refractivity contribution < 1.29 is 22.6 Å². The minimum atomic E-state index is -2.77. The van der Waals surface area contributed by atoms with Gasteiger partial charge in [0.2, 0.25) is 0 Å². The van der Waals surface area contributed by atoms with Crippen molar-refractivity contribution in [2.24, 2.45) is 4.99 Å². The van der Waals surface area contributed by atoms with Crippen LogP contribution in [0, 0.1) is 5.82 Å². The number of ether oxygens (including phenoxy) is 2. The highest BCUT2D eigenvalue weighted by Gasteiger charge is 2.19. The molecule has 134 valence electrons. The Labute approximate surface area is 144 Å². The standard InChI is InChI=1S/C18H19F3N2O2/c1-4-23(2)11-22-14-10-16(24-3)17(9-12(14)18(20)21)25-15-8-6-5-7-13(15)19/h5-11,18H,4H2,1-3H3. The molecule has 0 amide bonds. The number of alkyl halides is 2. The van der Waals surface area contributed by atoms with Crippen LogP contribution in [0.2, 0.25) is 0 Å². The summed E-state index contributed by atoms with van der Waals surface area (Å²) < 4.78 is 51.2. The molecular formula is C18H19F3N2O2. The number of hydrogen-bond donors (Lipinski definition) is 0. The zero-order valence-electron chi connectivity index (χ0n) is 14.2. The van der Waals surface area contributed by atoms with Gasteiger partial charge in [0.1, 0.15) is 0 Å². The molecule has 0 N–H and O–H groups in total. The molecule has 0 saturated carbocycles. The first-order valence-corrected chi connectivity index (χ1v) is 7.63. The van der Waals surface area contributed by atoms with Gasteiger partial charge in [0.15, 0.2) is 23.1 Å². The largest absolute Gasteiger partial charge is 0.493 e. The van der Waals surface area contributed by atoms with Gasteiger partial charge in [-0.3, -0.25) is 0 Å². The summed E-state index contributed by atoms with van der Waals surface area (Å²) in [6.45, 7) is 2.59. The summed E-state index contributed by atoms with van der Waals surface area (Å²) in [5.74, 6) is -0.512. The molecule has 2 aromatic carbocycles. The highest BCUT2D eigenvalue weighted by Crippen LogP contribution is 2.41. The summed E-state index contributed by atoms with van der Waals surface area (Å²) in [5.41, 5.74) is -0.263. The number of para-hydroxylation sites is 1. The summed E-state index contributed by atoms with van der Waals surface area (Å²) in [7, 11) is 3.15.